The van der Waals surface area contributed by atoms with Gasteiger partial charge in [-0.2, -0.15) is 0 Å². The molecule has 31 nitrogen and oxygen atoms in total. The summed E-state index contributed by atoms with van der Waals surface area (Å²) in [6, 6.07) is 4.33. The van der Waals surface area contributed by atoms with Gasteiger partial charge in [-0.15, -0.1) is 0 Å². The average Bonchev–Trinajstić information content (AvgIpc) is 3.65. The minimum Gasteiger partial charge on any atom is -0.504 e. The highest BCUT2D eigenvalue weighted by Gasteiger charge is 2.55. The maximum atomic E-state index is 14.8. The molecule has 0 spiro atoms. The smallest absolute Gasteiger partial charge is 0.341 e. The third-order valence-electron chi connectivity index (χ3n) is 11.8. The molecule has 17 N–H and O–H groups in total. The van der Waals surface area contributed by atoms with E-state index in [9.17, 15) is 116 Å². The SMILES string of the molecule is COC(=O)c1cc(O)c(O)c(O)c1Oc1cc2c(c(O)c1O)-c1c(cc(O)c(O)c1O)C(=O)O[C@H]1[C@H](OC(=O)c3cc(O)c(O)c(O)c3)[C@@H](OC(=O)c3cc(O)c(O)c(O)c3)[C@H](OC(=O)c3cc(O)c(O)c(O)c3)O[C@@H]1COC2=O. The summed E-state index contributed by atoms with van der Waals surface area (Å²) in [6.07, 6.45) is -12.8. The first-order valence-corrected chi connectivity index (χ1v) is 22.0. The number of rotatable bonds is 9. The number of phenols is 17. The zero-order valence-corrected chi connectivity index (χ0v) is 39.6. The van der Waals surface area contributed by atoms with Gasteiger partial charge in [-0.25, -0.2) is 28.8 Å². The summed E-state index contributed by atoms with van der Waals surface area (Å²) in [5.41, 5.74) is -8.29. The van der Waals surface area contributed by atoms with E-state index in [2.05, 4.69) is 4.74 Å². The van der Waals surface area contributed by atoms with Crippen molar-refractivity contribution in [1.82, 2.24) is 0 Å². The van der Waals surface area contributed by atoms with Crippen LogP contribution in [-0.4, -0.2) is 167 Å². The van der Waals surface area contributed by atoms with Gasteiger partial charge in [0.1, 0.15) is 18.3 Å². The molecular formula is C49H36O31. The molecule has 6 aromatic carbocycles. The summed E-state index contributed by atoms with van der Waals surface area (Å²) >= 11 is 0. The number of fused-ring (bicyclic) bond motifs is 4. The zero-order chi connectivity index (χ0) is 58.7. The molecule has 1 saturated heterocycles. The van der Waals surface area contributed by atoms with Gasteiger partial charge in [0, 0.05) is 23.3 Å². The van der Waals surface area contributed by atoms with Crippen LogP contribution in [0.5, 0.6) is 109 Å². The maximum absolute atomic E-state index is 14.8. The number of benzene rings is 6. The summed E-state index contributed by atoms with van der Waals surface area (Å²) in [5, 5.41) is 179. The second-order valence-corrected chi connectivity index (χ2v) is 16.8. The number of carbonyl (C=O) groups is 6. The Kier molecular flexibility index (Phi) is 14.1. The van der Waals surface area contributed by atoms with E-state index in [0.29, 0.717) is 54.6 Å². The number of methoxy groups -OCH3 is 1. The topological polar surface area (TPSA) is 520 Å². The summed E-state index contributed by atoms with van der Waals surface area (Å²) in [6.45, 7) is -1.41. The molecule has 6 aromatic rings. The molecule has 0 aromatic heterocycles. The molecule has 0 saturated carbocycles. The quantitative estimate of drug-likeness (QED) is 0.0562. The molecule has 8 rings (SSSR count). The summed E-state index contributed by atoms with van der Waals surface area (Å²) in [5.74, 6) is -34.4. The lowest BCUT2D eigenvalue weighted by molar-refractivity contribution is -0.282. The van der Waals surface area contributed by atoms with Crippen LogP contribution in [-0.2, 0) is 33.2 Å². The molecule has 2 heterocycles. The van der Waals surface area contributed by atoms with Gasteiger partial charge < -0.3 is 125 Å². The second kappa shape index (κ2) is 20.6. The highest BCUT2D eigenvalue weighted by atomic mass is 16.7. The van der Waals surface area contributed by atoms with Gasteiger partial charge in [0.05, 0.1) is 34.9 Å². The Morgan fingerprint density at radius 2 is 0.863 bits per heavy atom. The van der Waals surface area contributed by atoms with Crippen molar-refractivity contribution in [2.24, 2.45) is 0 Å². The molecule has 5 atom stereocenters. The van der Waals surface area contributed by atoms with E-state index >= 15 is 0 Å². The van der Waals surface area contributed by atoms with E-state index in [-0.39, 0.29) is 0 Å². The van der Waals surface area contributed by atoms with Crippen LogP contribution in [0, 0.1) is 0 Å². The van der Waals surface area contributed by atoms with Gasteiger partial charge in [0.2, 0.25) is 35.4 Å². The Morgan fingerprint density at radius 3 is 1.35 bits per heavy atom. The number of carbonyl (C=O) groups excluding carboxylic acids is 6. The highest BCUT2D eigenvalue weighted by molar-refractivity contribution is 6.08. The fourth-order valence-corrected chi connectivity index (χ4v) is 7.94. The molecule has 80 heavy (non-hydrogen) atoms. The van der Waals surface area contributed by atoms with Crippen LogP contribution in [0.1, 0.15) is 62.1 Å². The van der Waals surface area contributed by atoms with Crippen LogP contribution < -0.4 is 4.74 Å². The van der Waals surface area contributed by atoms with Crippen molar-refractivity contribution < 1.29 is 153 Å². The van der Waals surface area contributed by atoms with Gasteiger partial charge >= 0.3 is 35.8 Å². The van der Waals surface area contributed by atoms with E-state index in [1.54, 1.807) is 0 Å². The Balaban J connectivity index is 1.34. The molecule has 31 heteroatoms. The van der Waals surface area contributed by atoms with Crippen molar-refractivity contribution in [1.29, 1.82) is 0 Å². The normalized spacial score (nSPS) is 17.6. The van der Waals surface area contributed by atoms with E-state index in [1.807, 2.05) is 0 Å². The zero-order valence-electron chi connectivity index (χ0n) is 39.6. The first kappa shape index (κ1) is 54.8. The van der Waals surface area contributed by atoms with Crippen LogP contribution in [0.25, 0.3) is 11.1 Å². The fourth-order valence-electron chi connectivity index (χ4n) is 7.94. The van der Waals surface area contributed by atoms with Gasteiger partial charge in [-0.1, -0.05) is 0 Å². The number of hydrogen-bond acceptors (Lipinski definition) is 31. The first-order chi connectivity index (χ1) is 37.6. The summed E-state index contributed by atoms with van der Waals surface area (Å²) in [4.78, 5) is 84.1. The Bertz CT molecular complexity index is 3570. The largest absolute Gasteiger partial charge is 0.504 e. The van der Waals surface area contributed by atoms with Crippen molar-refractivity contribution in [3.63, 3.8) is 0 Å². The molecule has 418 valence electrons. The van der Waals surface area contributed by atoms with Crippen molar-refractivity contribution >= 4 is 35.8 Å². The summed E-state index contributed by atoms with van der Waals surface area (Å²) in [7, 11) is 0.830. The van der Waals surface area contributed by atoms with Crippen molar-refractivity contribution in [2.45, 2.75) is 30.7 Å². The van der Waals surface area contributed by atoms with Crippen LogP contribution in [0.4, 0.5) is 0 Å². The van der Waals surface area contributed by atoms with Crippen molar-refractivity contribution in [3.8, 4) is 120 Å². The molecule has 1 fully saturated rings. The molecule has 0 amide bonds. The van der Waals surface area contributed by atoms with Gasteiger partial charge in [-0.3, -0.25) is 0 Å². The first-order valence-electron chi connectivity index (χ1n) is 22.0. The number of esters is 6. The molecule has 2 aliphatic heterocycles. The lowest BCUT2D eigenvalue weighted by Gasteiger charge is -2.43. The molecule has 0 radical (unpaired) electrons. The number of hydrogen-bond donors (Lipinski definition) is 17. The Morgan fingerprint density at radius 1 is 0.450 bits per heavy atom. The van der Waals surface area contributed by atoms with E-state index < -0.39 is 227 Å². The molecule has 2 aliphatic rings. The Labute approximate surface area is 441 Å². The third-order valence-corrected chi connectivity index (χ3v) is 11.8. The van der Waals surface area contributed by atoms with Gasteiger partial charge in [0.15, 0.2) is 98.5 Å². The van der Waals surface area contributed by atoms with Crippen LogP contribution in [0.2, 0.25) is 0 Å². The standard InChI is InChI=1S/C49H36O31/c1-73-46(70)17-9-25(57)34(62)38(66)39(17)75-26-10-16-29(37(65)35(26)63)28-15(8-24(56)33(61)36(28)64)48(72)77-40-27(11-74-47(16)71)76-49(80-45(69)14-6-22(54)32(60)23(55)7-14)42(79-44(68)13-4-20(52)31(59)21(53)5-13)41(40)78-43(67)12-2-18(50)30(58)19(51)3-12/h2-10,27,40-42,49-66H,11H2,1H3/t27-,40-,41+,42-,49+/m1/s1. The fraction of sp³-hybridized carbons (Fsp3) is 0.143. The van der Waals surface area contributed by atoms with Crippen LogP contribution in [0.3, 0.4) is 0 Å². The third kappa shape index (κ3) is 9.70. The monoisotopic (exact) mass is 1120 g/mol. The van der Waals surface area contributed by atoms with Crippen LogP contribution in [0.15, 0.2) is 54.6 Å². The van der Waals surface area contributed by atoms with E-state index in [1.165, 1.54) is 0 Å². The minimum absolute atomic E-state index is 0.330. The summed E-state index contributed by atoms with van der Waals surface area (Å²) < 4.78 is 44.0. The molecule has 0 aliphatic carbocycles. The van der Waals surface area contributed by atoms with Crippen molar-refractivity contribution in [2.75, 3.05) is 13.7 Å². The molecule has 0 bridgehead atoms. The highest BCUT2D eigenvalue weighted by Crippen LogP contribution is 2.55. The van der Waals surface area contributed by atoms with E-state index in [0.717, 1.165) is 7.11 Å². The van der Waals surface area contributed by atoms with Gasteiger partial charge in [0.25, 0.3) is 0 Å². The lowest BCUT2D eigenvalue weighted by Crippen LogP contribution is -2.63. The number of ether oxygens (including phenoxy) is 8. The van der Waals surface area contributed by atoms with E-state index in [4.69, 9.17) is 33.2 Å². The lowest BCUT2D eigenvalue weighted by atomic mass is 9.91. The van der Waals surface area contributed by atoms with Crippen LogP contribution >= 0.6 is 0 Å². The number of phenolic OH excluding ortho intramolecular Hbond substituents is 17. The Hall–Kier alpha value is -11.5. The number of cyclic esters (lactones) is 1. The number of aromatic hydroxyl groups is 17. The van der Waals surface area contributed by atoms with Gasteiger partial charge in [-0.05, 0) is 42.5 Å². The average molecular weight is 1120 g/mol. The van der Waals surface area contributed by atoms with Crippen molar-refractivity contribution in [3.05, 3.63) is 88.0 Å². The predicted octanol–water partition coefficient (Wildman–Crippen LogP) is 2.66. The maximum Gasteiger partial charge on any atom is 0.341 e. The second-order valence-electron chi connectivity index (χ2n) is 16.8. The minimum atomic E-state index is -2.66. The molecular weight excluding hydrogens is 1080 g/mol. The molecule has 0 unspecified atom stereocenters. The predicted molar refractivity (Wildman–Crippen MR) is 249 cm³/mol.